The smallest absolute Gasteiger partial charge is 0.254 e. The summed E-state index contributed by atoms with van der Waals surface area (Å²) in [5.74, 6) is 0.191. The van der Waals surface area contributed by atoms with Crippen LogP contribution in [0.1, 0.15) is 27.0 Å². The van der Waals surface area contributed by atoms with E-state index in [0.717, 1.165) is 11.1 Å². The minimum atomic E-state index is -0.384. The fraction of sp³-hybridized carbons (Fsp3) is 0.219. The molecule has 8 nitrogen and oxygen atoms in total. The molecule has 0 unspecified atom stereocenters. The van der Waals surface area contributed by atoms with Gasteiger partial charge in [0, 0.05) is 24.7 Å². The summed E-state index contributed by atoms with van der Waals surface area (Å²) in [7, 11) is 3.00. The van der Waals surface area contributed by atoms with Crippen molar-refractivity contribution < 1.29 is 23.5 Å². The lowest BCUT2D eigenvalue weighted by molar-refractivity contribution is -0.133. The Bertz CT molecular complexity index is 1560. The minimum Gasteiger partial charge on any atom is -0.497 e. The first kappa shape index (κ1) is 28.2. The number of benzene rings is 3. The van der Waals surface area contributed by atoms with Crippen LogP contribution >= 0.6 is 0 Å². The van der Waals surface area contributed by atoms with E-state index in [2.05, 4.69) is 6.58 Å². The molecule has 206 valence electrons. The molecule has 1 heterocycles. The summed E-state index contributed by atoms with van der Waals surface area (Å²) in [6, 6.07) is 19.7. The van der Waals surface area contributed by atoms with Crippen molar-refractivity contribution in [3.8, 4) is 11.5 Å². The molecule has 8 heteroatoms. The lowest BCUT2D eigenvalue weighted by Crippen LogP contribution is -2.43. The van der Waals surface area contributed by atoms with Crippen molar-refractivity contribution in [3.05, 3.63) is 118 Å². The summed E-state index contributed by atoms with van der Waals surface area (Å²) in [5.41, 5.74) is 2.76. The highest BCUT2D eigenvalue weighted by Crippen LogP contribution is 2.24. The molecule has 1 aromatic heterocycles. The number of carbonyl (C=O) groups is 2. The molecule has 2 amide bonds. The van der Waals surface area contributed by atoms with E-state index >= 15 is 0 Å². The zero-order chi connectivity index (χ0) is 28.6. The third kappa shape index (κ3) is 6.58. The Hall–Kier alpha value is -4.85. The van der Waals surface area contributed by atoms with Crippen molar-refractivity contribution in [2.75, 3.05) is 27.3 Å². The topological polar surface area (TPSA) is 89.3 Å². The summed E-state index contributed by atoms with van der Waals surface area (Å²) in [4.78, 5) is 43.6. The Morgan fingerprint density at radius 2 is 1.62 bits per heavy atom. The minimum absolute atomic E-state index is 0.0169. The summed E-state index contributed by atoms with van der Waals surface area (Å²) in [6.07, 6.45) is 2.96. The SMILES string of the molecule is C=CCN(CC(=O)N(Cc1ccccc1)Cc1coc2ccc(C)cc2c1=O)C(=O)c1cc(OC)cc(OC)c1. The molecule has 40 heavy (non-hydrogen) atoms. The van der Waals surface area contributed by atoms with Crippen LogP contribution in [0.2, 0.25) is 0 Å². The largest absolute Gasteiger partial charge is 0.497 e. The third-order valence-electron chi connectivity index (χ3n) is 6.49. The molecule has 0 radical (unpaired) electrons. The number of carbonyl (C=O) groups excluding carboxylic acids is 2. The molecule has 0 aliphatic heterocycles. The summed E-state index contributed by atoms with van der Waals surface area (Å²) < 4.78 is 16.3. The quantitative estimate of drug-likeness (QED) is 0.250. The van der Waals surface area contributed by atoms with Crippen LogP contribution in [0.3, 0.4) is 0 Å². The van der Waals surface area contributed by atoms with Gasteiger partial charge in [0.2, 0.25) is 5.91 Å². The summed E-state index contributed by atoms with van der Waals surface area (Å²) in [5, 5.41) is 0.458. The fourth-order valence-corrected chi connectivity index (χ4v) is 4.39. The van der Waals surface area contributed by atoms with Crippen LogP contribution in [0.4, 0.5) is 0 Å². The zero-order valence-electron chi connectivity index (χ0n) is 22.9. The molecule has 3 aromatic carbocycles. The van der Waals surface area contributed by atoms with Crippen molar-refractivity contribution in [1.29, 1.82) is 0 Å². The number of hydrogen-bond donors (Lipinski definition) is 0. The molecule has 0 bridgehead atoms. The molecule has 0 spiro atoms. The van der Waals surface area contributed by atoms with Gasteiger partial charge in [0.05, 0.1) is 38.0 Å². The van der Waals surface area contributed by atoms with Crippen molar-refractivity contribution >= 4 is 22.8 Å². The number of nitrogens with zero attached hydrogens (tertiary/aromatic N) is 2. The van der Waals surface area contributed by atoms with Crippen molar-refractivity contribution in [2.24, 2.45) is 0 Å². The lowest BCUT2D eigenvalue weighted by Gasteiger charge is -2.27. The van der Waals surface area contributed by atoms with Gasteiger partial charge in [-0.25, -0.2) is 0 Å². The van der Waals surface area contributed by atoms with E-state index < -0.39 is 0 Å². The Balaban J connectivity index is 1.65. The molecular formula is C32H32N2O6. The second kappa shape index (κ2) is 12.8. The molecule has 4 rings (SSSR count). The number of fused-ring (bicyclic) bond motifs is 1. The second-order valence-electron chi connectivity index (χ2n) is 9.40. The predicted molar refractivity (Wildman–Crippen MR) is 154 cm³/mol. The average molecular weight is 541 g/mol. The Kier molecular flexibility index (Phi) is 9.01. The Labute approximate surface area is 233 Å². The second-order valence-corrected chi connectivity index (χ2v) is 9.40. The maximum absolute atomic E-state index is 13.8. The maximum Gasteiger partial charge on any atom is 0.254 e. The van der Waals surface area contributed by atoms with E-state index in [9.17, 15) is 14.4 Å². The van der Waals surface area contributed by atoms with E-state index in [1.807, 2.05) is 43.3 Å². The number of ether oxygens (including phenoxy) is 2. The van der Waals surface area contributed by atoms with Crippen LogP contribution in [0, 0.1) is 6.92 Å². The molecule has 4 aromatic rings. The monoisotopic (exact) mass is 540 g/mol. The van der Waals surface area contributed by atoms with Gasteiger partial charge in [-0.3, -0.25) is 14.4 Å². The Morgan fingerprint density at radius 1 is 0.925 bits per heavy atom. The maximum atomic E-state index is 13.8. The van der Waals surface area contributed by atoms with Gasteiger partial charge >= 0.3 is 0 Å². The van der Waals surface area contributed by atoms with Crippen molar-refractivity contribution in [2.45, 2.75) is 20.0 Å². The van der Waals surface area contributed by atoms with Crippen LogP contribution in [0.15, 0.2) is 94.9 Å². The summed E-state index contributed by atoms with van der Waals surface area (Å²) >= 11 is 0. The van der Waals surface area contributed by atoms with Crippen LogP contribution < -0.4 is 14.9 Å². The van der Waals surface area contributed by atoms with Gasteiger partial charge in [0.15, 0.2) is 5.43 Å². The van der Waals surface area contributed by atoms with E-state index in [0.29, 0.717) is 33.6 Å². The van der Waals surface area contributed by atoms with Crippen LogP contribution in [-0.4, -0.2) is 48.9 Å². The van der Waals surface area contributed by atoms with Gasteiger partial charge in [0.25, 0.3) is 5.91 Å². The highest BCUT2D eigenvalue weighted by Gasteiger charge is 2.24. The van der Waals surface area contributed by atoms with Crippen LogP contribution in [0.25, 0.3) is 11.0 Å². The highest BCUT2D eigenvalue weighted by molar-refractivity contribution is 5.97. The van der Waals surface area contributed by atoms with Gasteiger partial charge in [-0.2, -0.15) is 0 Å². The first-order valence-corrected chi connectivity index (χ1v) is 12.8. The number of amides is 2. The third-order valence-corrected chi connectivity index (χ3v) is 6.49. The molecule has 0 fully saturated rings. The zero-order valence-corrected chi connectivity index (χ0v) is 22.9. The van der Waals surface area contributed by atoms with Gasteiger partial charge in [-0.15, -0.1) is 6.58 Å². The van der Waals surface area contributed by atoms with E-state index in [-0.39, 0.29) is 43.4 Å². The normalized spacial score (nSPS) is 10.7. The van der Waals surface area contributed by atoms with Gasteiger partial charge in [-0.1, -0.05) is 48.0 Å². The van der Waals surface area contributed by atoms with Crippen LogP contribution in [0.5, 0.6) is 11.5 Å². The standard InChI is InChI=1S/C32H32N2O6/c1-5-13-33(32(37)24-15-26(38-3)17-27(16-24)39-4)20-30(35)34(18-23-9-7-6-8-10-23)19-25-21-40-29-12-11-22(2)14-28(29)31(25)36/h5-12,14-17,21H,1,13,18-20H2,2-4H3. The summed E-state index contributed by atoms with van der Waals surface area (Å²) in [6.45, 7) is 5.83. The van der Waals surface area contributed by atoms with Gasteiger partial charge < -0.3 is 23.7 Å². The Morgan fingerprint density at radius 3 is 2.27 bits per heavy atom. The first-order chi connectivity index (χ1) is 19.3. The van der Waals surface area contributed by atoms with Gasteiger partial charge in [0.1, 0.15) is 23.6 Å². The number of rotatable bonds is 11. The number of methoxy groups -OCH3 is 2. The lowest BCUT2D eigenvalue weighted by atomic mass is 10.1. The first-order valence-electron chi connectivity index (χ1n) is 12.8. The molecule has 0 saturated carbocycles. The molecule has 0 aliphatic rings. The molecule has 0 saturated heterocycles. The fourth-order valence-electron chi connectivity index (χ4n) is 4.39. The number of aryl methyl sites for hydroxylation is 1. The average Bonchev–Trinajstić information content (AvgIpc) is 2.97. The van der Waals surface area contributed by atoms with E-state index in [1.165, 1.54) is 25.4 Å². The van der Waals surface area contributed by atoms with Crippen LogP contribution in [-0.2, 0) is 17.9 Å². The predicted octanol–water partition coefficient (Wildman–Crippen LogP) is 4.98. The molecular weight excluding hydrogens is 508 g/mol. The highest BCUT2D eigenvalue weighted by atomic mass is 16.5. The van der Waals surface area contributed by atoms with E-state index in [1.54, 1.807) is 41.3 Å². The molecule has 0 aliphatic carbocycles. The van der Waals surface area contributed by atoms with Crippen molar-refractivity contribution in [1.82, 2.24) is 9.80 Å². The van der Waals surface area contributed by atoms with E-state index in [4.69, 9.17) is 13.9 Å². The number of hydrogen-bond acceptors (Lipinski definition) is 6. The van der Waals surface area contributed by atoms with Gasteiger partial charge in [-0.05, 0) is 36.8 Å². The van der Waals surface area contributed by atoms with Crippen molar-refractivity contribution in [3.63, 3.8) is 0 Å². The molecule has 0 atom stereocenters. The molecule has 0 N–H and O–H groups in total.